The summed E-state index contributed by atoms with van der Waals surface area (Å²) in [6, 6.07) is 0. The number of allylic oxidation sites excluding steroid dienone is 4. The first-order valence-corrected chi connectivity index (χ1v) is 15.6. The van der Waals surface area contributed by atoms with Crippen molar-refractivity contribution in [3.8, 4) is 0 Å². The van der Waals surface area contributed by atoms with Gasteiger partial charge in [-0.2, -0.15) is 0 Å². The predicted octanol–water partition coefficient (Wildman–Crippen LogP) is 11.3. The van der Waals surface area contributed by atoms with Crippen molar-refractivity contribution in [2.24, 2.45) is 5.92 Å². The zero-order valence-electron chi connectivity index (χ0n) is 24.3. The van der Waals surface area contributed by atoms with E-state index >= 15 is 0 Å². The van der Waals surface area contributed by atoms with E-state index in [1.165, 1.54) is 148 Å². The van der Waals surface area contributed by atoms with Crippen LogP contribution in [-0.2, 0) is 0 Å². The molecule has 0 aliphatic heterocycles. The number of rotatable bonds is 27. The highest BCUT2D eigenvalue weighted by Gasteiger charge is 2.09. The van der Waals surface area contributed by atoms with Crippen LogP contribution in [0, 0.1) is 5.92 Å². The molecular formula is C33H65N. The van der Waals surface area contributed by atoms with Crippen molar-refractivity contribution in [1.82, 2.24) is 4.90 Å². The van der Waals surface area contributed by atoms with Gasteiger partial charge in [-0.3, -0.25) is 0 Å². The smallest absolute Gasteiger partial charge is 0.00222 e. The zero-order valence-corrected chi connectivity index (χ0v) is 24.3. The Morgan fingerprint density at radius 2 is 0.882 bits per heavy atom. The first-order valence-electron chi connectivity index (χ1n) is 15.6. The van der Waals surface area contributed by atoms with Gasteiger partial charge in [0.1, 0.15) is 0 Å². The molecule has 0 aromatic carbocycles. The second kappa shape index (κ2) is 28.7. The molecule has 1 heteroatoms. The Labute approximate surface area is 217 Å². The summed E-state index contributed by atoms with van der Waals surface area (Å²) in [4.78, 5) is 2.37. The lowest BCUT2D eigenvalue weighted by molar-refractivity contribution is 0.314. The molecule has 0 N–H and O–H groups in total. The van der Waals surface area contributed by atoms with Crippen LogP contribution in [0.5, 0.6) is 0 Å². The average Bonchev–Trinajstić information content (AvgIpc) is 2.83. The third-order valence-electron chi connectivity index (χ3n) is 7.26. The summed E-state index contributed by atoms with van der Waals surface area (Å²) >= 11 is 0. The van der Waals surface area contributed by atoms with Crippen LogP contribution in [0.1, 0.15) is 162 Å². The average molecular weight is 476 g/mol. The summed E-state index contributed by atoms with van der Waals surface area (Å²) in [7, 11) is 4.46. The molecule has 0 fully saturated rings. The van der Waals surface area contributed by atoms with Crippen LogP contribution >= 0.6 is 0 Å². The van der Waals surface area contributed by atoms with E-state index in [0.717, 1.165) is 12.3 Å². The van der Waals surface area contributed by atoms with Crippen molar-refractivity contribution >= 4 is 0 Å². The van der Waals surface area contributed by atoms with Gasteiger partial charge in [-0.15, -0.1) is 0 Å². The van der Waals surface area contributed by atoms with Gasteiger partial charge < -0.3 is 4.90 Å². The number of hydrogen-bond acceptors (Lipinski definition) is 1. The molecule has 34 heavy (non-hydrogen) atoms. The summed E-state index contributed by atoms with van der Waals surface area (Å²) in [5, 5.41) is 0. The Morgan fingerprint density at radius 1 is 0.471 bits per heavy atom. The van der Waals surface area contributed by atoms with Crippen LogP contribution in [-0.4, -0.2) is 25.5 Å². The van der Waals surface area contributed by atoms with Crippen LogP contribution in [0.3, 0.4) is 0 Å². The van der Waals surface area contributed by atoms with Gasteiger partial charge in [0.25, 0.3) is 0 Å². The largest absolute Gasteiger partial charge is 0.309 e. The monoisotopic (exact) mass is 476 g/mol. The van der Waals surface area contributed by atoms with Crippen molar-refractivity contribution in [3.05, 3.63) is 24.3 Å². The fraction of sp³-hybridized carbons (Fsp3) is 0.879. The maximum absolute atomic E-state index is 2.40. The van der Waals surface area contributed by atoms with Crippen molar-refractivity contribution in [2.45, 2.75) is 162 Å². The molecule has 0 rings (SSSR count). The first kappa shape index (κ1) is 33.4. The quantitative estimate of drug-likeness (QED) is 0.0843. The van der Waals surface area contributed by atoms with Crippen LogP contribution in [0.15, 0.2) is 24.3 Å². The van der Waals surface area contributed by atoms with Crippen molar-refractivity contribution in [1.29, 1.82) is 0 Å². The minimum Gasteiger partial charge on any atom is -0.309 e. The van der Waals surface area contributed by atoms with Crippen LogP contribution < -0.4 is 0 Å². The van der Waals surface area contributed by atoms with Crippen LogP contribution in [0.25, 0.3) is 0 Å². The summed E-state index contributed by atoms with van der Waals surface area (Å²) in [5.74, 6) is 0.969. The van der Waals surface area contributed by atoms with Crippen molar-refractivity contribution in [3.63, 3.8) is 0 Å². The Hall–Kier alpha value is -0.560. The van der Waals surface area contributed by atoms with Gasteiger partial charge in [0.15, 0.2) is 0 Å². The second-order valence-corrected chi connectivity index (χ2v) is 11.1. The van der Waals surface area contributed by atoms with Gasteiger partial charge in [0.2, 0.25) is 0 Å². The van der Waals surface area contributed by atoms with E-state index in [-0.39, 0.29) is 0 Å². The summed E-state index contributed by atoms with van der Waals surface area (Å²) in [6.07, 6.45) is 41.7. The predicted molar refractivity (Wildman–Crippen MR) is 158 cm³/mol. The molecule has 1 atom stereocenters. The minimum absolute atomic E-state index is 0.969. The van der Waals surface area contributed by atoms with Gasteiger partial charge in [-0.25, -0.2) is 0 Å². The fourth-order valence-electron chi connectivity index (χ4n) is 4.86. The summed E-state index contributed by atoms with van der Waals surface area (Å²) in [5.41, 5.74) is 0. The first-order chi connectivity index (χ1) is 16.7. The highest BCUT2D eigenvalue weighted by molar-refractivity contribution is 4.92. The van der Waals surface area contributed by atoms with E-state index in [1.807, 2.05) is 0 Å². The van der Waals surface area contributed by atoms with E-state index in [1.54, 1.807) is 0 Å². The van der Waals surface area contributed by atoms with Crippen molar-refractivity contribution in [2.75, 3.05) is 20.6 Å². The fourth-order valence-corrected chi connectivity index (χ4v) is 4.86. The molecular weight excluding hydrogens is 410 g/mol. The minimum atomic E-state index is 0.969. The summed E-state index contributed by atoms with van der Waals surface area (Å²) < 4.78 is 0. The standard InChI is InChI=1S/C33H65N/c1-5-7-9-11-13-14-15-16-17-18-19-20-21-22-24-26-28-30-33(31-32-34(3)4)29-27-25-23-12-10-8-6-2/h13-14,16-17,33H,5-12,15,18-32H2,1-4H3/t33-/m0/s1. The molecule has 0 bridgehead atoms. The third kappa shape index (κ3) is 27.7. The van der Waals surface area contributed by atoms with Gasteiger partial charge in [0, 0.05) is 0 Å². The number of unbranched alkanes of at least 4 members (excludes halogenated alkanes) is 16. The van der Waals surface area contributed by atoms with E-state index in [9.17, 15) is 0 Å². The molecule has 0 aromatic rings. The normalized spacial score (nSPS) is 13.1. The molecule has 0 spiro atoms. The van der Waals surface area contributed by atoms with Gasteiger partial charge >= 0.3 is 0 Å². The lowest BCUT2D eigenvalue weighted by atomic mass is 9.91. The maximum atomic E-state index is 2.40. The molecule has 0 saturated carbocycles. The van der Waals surface area contributed by atoms with E-state index in [0.29, 0.717) is 0 Å². The molecule has 202 valence electrons. The zero-order chi connectivity index (χ0) is 25.0. The molecule has 1 nitrogen and oxygen atoms in total. The highest BCUT2D eigenvalue weighted by Crippen LogP contribution is 2.22. The number of nitrogens with zero attached hydrogens (tertiary/aromatic N) is 1. The molecule has 0 aliphatic rings. The Bertz CT molecular complexity index is 422. The Balaban J connectivity index is 3.61. The van der Waals surface area contributed by atoms with Crippen molar-refractivity contribution < 1.29 is 0 Å². The van der Waals surface area contributed by atoms with E-state index in [4.69, 9.17) is 0 Å². The SMILES string of the molecule is CCCCCC=CCC=CCCCCCCCCC[C@H](CCCCCCCCC)CCN(C)C. The van der Waals surface area contributed by atoms with E-state index < -0.39 is 0 Å². The number of hydrogen-bond donors (Lipinski definition) is 0. The molecule has 0 amide bonds. The molecule has 0 aromatic heterocycles. The van der Waals surface area contributed by atoms with Gasteiger partial charge in [-0.05, 0) is 65.1 Å². The second-order valence-electron chi connectivity index (χ2n) is 11.1. The topological polar surface area (TPSA) is 3.24 Å². The van der Waals surface area contributed by atoms with Gasteiger partial charge in [-0.1, -0.05) is 147 Å². The molecule has 0 radical (unpaired) electrons. The third-order valence-corrected chi connectivity index (χ3v) is 7.26. The van der Waals surface area contributed by atoms with Crippen LogP contribution in [0.2, 0.25) is 0 Å². The van der Waals surface area contributed by atoms with Crippen LogP contribution in [0.4, 0.5) is 0 Å². The Kier molecular flexibility index (Phi) is 28.2. The van der Waals surface area contributed by atoms with Gasteiger partial charge in [0.05, 0.1) is 0 Å². The lowest BCUT2D eigenvalue weighted by Crippen LogP contribution is -2.17. The van der Waals surface area contributed by atoms with E-state index in [2.05, 4.69) is 57.1 Å². The lowest BCUT2D eigenvalue weighted by Gasteiger charge is -2.19. The maximum Gasteiger partial charge on any atom is -0.00222 e. The molecule has 0 unspecified atom stereocenters. The molecule has 0 aliphatic carbocycles. The Morgan fingerprint density at radius 3 is 1.38 bits per heavy atom. The molecule has 0 heterocycles. The molecule has 0 saturated heterocycles. The highest BCUT2D eigenvalue weighted by atomic mass is 15.0. The summed E-state index contributed by atoms with van der Waals surface area (Å²) in [6.45, 7) is 5.85.